The second-order valence-corrected chi connectivity index (χ2v) is 4.47. The van der Waals surface area contributed by atoms with Crippen LogP contribution >= 0.6 is 0 Å². The Morgan fingerprint density at radius 1 is 1.44 bits per heavy atom. The van der Waals surface area contributed by atoms with Crippen molar-refractivity contribution in [3.05, 3.63) is 29.3 Å². The summed E-state index contributed by atoms with van der Waals surface area (Å²) in [7, 11) is 0. The summed E-state index contributed by atoms with van der Waals surface area (Å²) in [6, 6.07) is 6.22. The molecular weight excluding hydrogens is 230 g/mol. The molecule has 0 saturated carbocycles. The third-order valence-corrected chi connectivity index (χ3v) is 3.05. The van der Waals surface area contributed by atoms with Crippen LogP contribution in [0.1, 0.15) is 24.0 Å². The van der Waals surface area contributed by atoms with Crippen molar-refractivity contribution in [3.8, 4) is 5.75 Å². The Morgan fingerprint density at radius 3 is 3.17 bits per heavy atom. The van der Waals surface area contributed by atoms with E-state index in [4.69, 9.17) is 9.84 Å². The number of rotatable bonds is 5. The van der Waals surface area contributed by atoms with Gasteiger partial charge < -0.3 is 15.2 Å². The zero-order chi connectivity index (χ0) is 12.8. The molecule has 1 amide bonds. The molecule has 0 unspecified atom stereocenters. The lowest BCUT2D eigenvalue weighted by molar-refractivity contribution is -0.121. The van der Waals surface area contributed by atoms with Crippen molar-refractivity contribution in [3.63, 3.8) is 0 Å². The molecule has 0 bridgehead atoms. The Morgan fingerprint density at radius 2 is 2.33 bits per heavy atom. The highest BCUT2D eigenvalue weighted by atomic mass is 16.5. The largest absolute Gasteiger partial charge is 0.493 e. The second kappa shape index (κ2) is 6.40. The van der Waals surface area contributed by atoms with Gasteiger partial charge in [0, 0.05) is 13.0 Å². The number of amides is 1. The molecule has 98 valence electrons. The molecular formula is C14H19NO3. The second-order valence-electron chi connectivity index (χ2n) is 4.47. The van der Waals surface area contributed by atoms with Crippen LogP contribution in [0.2, 0.25) is 0 Å². The molecule has 0 spiro atoms. The van der Waals surface area contributed by atoms with Gasteiger partial charge in [-0.2, -0.15) is 0 Å². The molecule has 18 heavy (non-hydrogen) atoms. The molecule has 2 N–H and O–H groups in total. The molecule has 0 fully saturated rings. The first kappa shape index (κ1) is 12.9. The van der Waals surface area contributed by atoms with E-state index in [0.717, 1.165) is 31.6 Å². The van der Waals surface area contributed by atoms with Crippen LogP contribution in [0.25, 0.3) is 0 Å². The minimum absolute atomic E-state index is 0.0952. The van der Waals surface area contributed by atoms with Gasteiger partial charge in [0.05, 0.1) is 13.2 Å². The summed E-state index contributed by atoms with van der Waals surface area (Å²) in [5.41, 5.74) is 2.48. The number of fused-ring (bicyclic) bond motifs is 1. The summed E-state index contributed by atoms with van der Waals surface area (Å²) in [4.78, 5) is 11.2. The van der Waals surface area contributed by atoms with E-state index in [1.54, 1.807) is 0 Å². The van der Waals surface area contributed by atoms with Gasteiger partial charge in [-0.1, -0.05) is 12.1 Å². The molecule has 0 saturated heterocycles. The average molecular weight is 249 g/mol. The van der Waals surface area contributed by atoms with Crippen LogP contribution in [0.4, 0.5) is 0 Å². The average Bonchev–Trinajstić information content (AvgIpc) is 2.39. The van der Waals surface area contributed by atoms with Crippen molar-refractivity contribution in [2.24, 2.45) is 0 Å². The van der Waals surface area contributed by atoms with Crippen LogP contribution in [0.3, 0.4) is 0 Å². The van der Waals surface area contributed by atoms with Gasteiger partial charge in [-0.3, -0.25) is 4.79 Å². The van der Waals surface area contributed by atoms with Crippen LogP contribution < -0.4 is 10.1 Å². The molecule has 1 aromatic rings. The predicted molar refractivity (Wildman–Crippen MR) is 68.7 cm³/mol. The molecule has 0 aromatic heterocycles. The van der Waals surface area contributed by atoms with E-state index < -0.39 is 0 Å². The fourth-order valence-electron chi connectivity index (χ4n) is 2.11. The molecule has 0 atom stereocenters. The smallest absolute Gasteiger partial charge is 0.222 e. The Balaban J connectivity index is 1.84. The van der Waals surface area contributed by atoms with Crippen molar-refractivity contribution in [2.75, 3.05) is 19.8 Å². The summed E-state index contributed by atoms with van der Waals surface area (Å²) in [6.45, 7) is 1.32. The van der Waals surface area contributed by atoms with Crippen LogP contribution in [-0.4, -0.2) is 30.8 Å². The Kier molecular flexibility index (Phi) is 4.59. The molecule has 1 aromatic carbocycles. The maximum absolute atomic E-state index is 11.2. The number of ether oxygens (including phenoxy) is 1. The lowest BCUT2D eigenvalue weighted by atomic mass is 10.0. The topological polar surface area (TPSA) is 58.6 Å². The Labute approximate surface area is 107 Å². The number of hydrogen-bond donors (Lipinski definition) is 2. The molecule has 1 aliphatic heterocycles. The number of nitrogens with one attached hydrogen (secondary N) is 1. The minimum Gasteiger partial charge on any atom is -0.493 e. The minimum atomic E-state index is -0.0983. The molecule has 0 aliphatic carbocycles. The van der Waals surface area contributed by atoms with E-state index >= 15 is 0 Å². The van der Waals surface area contributed by atoms with E-state index in [9.17, 15) is 4.79 Å². The zero-order valence-electron chi connectivity index (χ0n) is 10.4. The SMILES string of the molecule is O=C(CCO)NCCc1ccc2c(c1)CCCO2. The van der Waals surface area contributed by atoms with Crippen LogP contribution in [0, 0.1) is 0 Å². The van der Waals surface area contributed by atoms with Crippen molar-refractivity contribution >= 4 is 5.91 Å². The van der Waals surface area contributed by atoms with Crippen molar-refractivity contribution in [1.82, 2.24) is 5.32 Å². The van der Waals surface area contributed by atoms with Gasteiger partial charge in [-0.15, -0.1) is 0 Å². The summed E-state index contributed by atoms with van der Waals surface area (Å²) < 4.78 is 5.56. The molecule has 1 aliphatic rings. The molecule has 4 nitrogen and oxygen atoms in total. The Hall–Kier alpha value is -1.55. The highest BCUT2D eigenvalue weighted by Crippen LogP contribution is 2.25. The fraction of sp³-hybridized carbons (Fsp3) is 0.500. The third-order valence-electron chi connectivity index (χ3n) is 3.05. The monoisotopic (exact) mass is 249 g/mol. The van der Waals surface area contributed by atoms with E-state index in [0.29, 0.717) is 6.54 Å². The van der Waals surface area contributed by atoms with Gasteiger partial charge in [0.2, 0.25) is 5.91 Å². The van der Waals surface area contributed by atoms with Gasteiger partial charge in [0.25, 0.3) is 0 Å². The summed E-state index contributed by atoms with van der Waals surface area (Å²) in [5, 5.41) is 11.4. The van der Waals surface area contributed by atoms with Crippen molar-refractivity contribution < 1.29 is 14.6 Å². The summed E-state index contributed by atoms with van der Waals surface area (Å²) in [6.07, 6.45) is 3.13. The first-order valence-corrected chi connectivity index (χ1v) is 6.42. The standard InChI is InChI=1S/C14H19NO3/c16-8-6-14(17)15-7-5-11-3-4-13-12(10-11)2-1-9-18-13/h3-4,10,16H,1-2,5-9H2,(H,15,17). The first-order valence-electron chi connectivity index (χ1n) is 6.42. The highest BCUT2D eigenvalue weighted by molar-refractivity contribution is 5.75. The lowest BCUT2D eigenvalue weighted by Crippen LogP contribution is -2.26. The van der Waals surface area contributed by atoms with Crippen LogP contribution in [0.5, 0.6) is 5.75 Å². The van der Waals surface area contributed by atoms with Crippen LogP contribution in [-0.2, 0) is 17.6 Å². The predicted octanol–water partition coefficient (Wildman–Crippen LogP) is 1.05. The van der Waals surface area contributed by atoms with E-state index in [-0.39, 0.29) is 18.9 Å². The number of benzene rings is 1. The maximum Gasteiger partial charge on any atom is 0.222 e. The van der Waals surface area contributed by atoms with E-state index in [2.05, 4.69) is 11.4 Å². The molecule has 4 heteroatoms. The third kappa shape index (κ3) is 3.47. The number of aliphatic hydroxyl groups is 1. The summed E-state index contributed by atoms with van der Waals surface area (Å²) in [5.74, 6) is 0.896. The fourth-order valence-corrected chi connectivity index (χ4v) is 2.11. The lowest BCUT2D eigenvalue weighted by Gasteiger charge is -2.17. The zero-order valence-corrected chi connectivity index (χ0v) is 10.4. The van der Waals surface area contributed by atoms with E-state index in [1.807, 2.05) is 12.1 Å². The number of hydrogen-bond acceptors (Lipinski definition) is 3. The quantitative estimate of drug-likeness (QED) is 0.820. The van der Waals surface area contributed by atoms with Crippen LogP contribution in [0.15, 0.2) is 18.2 Å². The van der Waals surface area contributed by atoms with Gasteiger partial charge in [-0.25, -0.2) is 0 Å². The number of aliphatic hydroxyl groups excluding tert-OH is 1. The molecule has 0 radical (unpaired) electrons. The van der Waals surface area contributed by atoms with Gasteiger partial charge in [0.1, 0.15) is 5.75 Å². The van der Waals surface area contributed by atoms with Gasteiger partial charge in [-0.05, 0) is 36.5 Å². The normalized spacial score (nSPS) is 13.6. The summed E-state index contributed by atoms with van der Waals surface area (Å²) >= 11 is 0. The number of carbonyl (C=O) groups is 1. The first-order chi connectivity index (χ1) is 8.79. The van der Waals surface area contributed by atoms with Crippen molar-refractivity contribution in [2.45, 2.75) is 25.7 Å². The maximum atomic E-state index is 11.2. The Bertz CT molecular complexity index is 418. The van der Waals surface area contributed by atoms with Gasteiger partial charge >= 0.3 is 0 Å². The number of aryl methyl sites for hydroxylation is 1. The molecule has 2 rings (SSSR count). The number of carbonyl (C=O) groups excluding carboxylic acids is 1. The van der Waals surface area contributed by atoms with Crippen molar-refractivity contribution in [1.29, 1.82) is 0 Å². The molecule has 1 heterocycles. The highest BCUT2D eigenvalue weighted by Gasteiger charge is 2.10. The van der Waals surface area contributed by atoms with Gasteiger partial charge in [0.15, 0.2) is 0 Å². The van der Waals surface area contributed by atoms with E-state index in [1.165, 1.54) is 11.1 Å².